The molecule has 0 saturated carbocycles. The van der Waals surface area contributed by atoms with Crippen molar-refractivity contribution in [1.29, 1.82) is 0 Å². The van der Waals surface area contributed by atoms with Gasteiger partial charge < -0.3 is 9.47 Å². The Morgan fingerprint density at radius 3 is 2.66 bits per heavy atom. The summed E-state index contributed by atoms with van der Waals surface area (Å²) < 4.78 is 12.7. The number of carbonyl (C=O) groups is 1. The number of nitro benzene ring substituents is 1. The van der Waals surface area contributed by atoms with Gasteiger partial charge in [-0.2, -0.15) is 0 Å². The molecule has 4 rings (SSSR count). The van der Waals surface area contributed by atoms with E-state index in [0.717, 1.165) is 22.5 Å². The molecule has 0 amide bonds. The van der Waals surface area contributed by atoms with Gasteiger partial charge in [-0.3, -0.25) is 19.5 Å². The summed E-state index contributed by atoms with van der Waals surface area (Å²) >= 11 is 4.43. The minimum Gasteiger partial charge on any atom is -0.473 e. The van der Waals surface area contributed by atoms with Crippen LogP contribution in [0.25, 0.3) is 6.08 Å². The zero-order valence-electron chi connectivity index (χ0n) is 20.7. The maximum Gasteiger partial charge on any atom is 0.338 e. The first-order valence-electron chi connectivity index (χ1n) is 11.5. The lowest BCUT2D eigenvalue weighted by molar-refractivity contribution is -0.385. The molecule has 2 aromatic carbocycles. The van der Waals surface area contributed by atoms with E-state index >= 15 is 0 Å². The van der Waals surface area contributed by atoms with E-state index in [1.54, 1.807) is 26.0 Å². The van der Waals surface area contributed by atoms with E-state index in [1.807, 2.05) is 31.2 Å². The summed E-state index contributed by atoms with van der Waals surface area (Å²) in [6, 6.07) is 9.71. The van der Waals surface area contributed by atoms with Gasteiger partial charge in [-0.1, -0.05) is 47.1 Å². The first kappa shape index (κ1) is 27.0. The second kappa shape index (κ2) is 11.2. The lowest BCUT2D eigenvalue weighted by Crippen LogP contribution is -2.39. The average molecular weight is 596 g/mol. The Morgan fingerprint density at radius 2 is 2.03 bits per heavy atom. The van der Waals surface area contributed by atoms with Crippen LogP contribution in [0.1, 0.15) is 36.6 Å². The van der Waals surface area contributed by atoms with Crippen LogP contribution < -0.4 is 19.6 Å². The highest BCUT2D eigenvalue weighted by Crippen LogP contribution is 2.37. The largest absolute Gasteiger partial charge is 0.473 e. The number of benzene rings is 2. The van der Waals surface area contributed by atoms with E-state index in [4.69, 9.17) is 15.9 Å². The quantitative estimate of drug-likeness (QED) is 0.178. The van der Waals surface area contributed by atoms with Gasteiger partial charge in [0.2, 0.25) is 5.75 Å². The average Bonchev–Trinajstić information content (AvgIpc) is 3.17. The van der Waals surface area contributed by atoms with Crippen molar-refractivity contribution in [2.24, 2.45) is 4.99 Å². The summed E-state index contributed by atoms with van der Waals surface area (Å²) in [5, 5.41) is 11.7. The molecule has 1 aliphatic rings. The summed E-state index contributed by atoms with van der Waals surface area (Å²) in [6.45, 7) is 5.40. The van der Waals surface area contributed by atoms with Crippen molar-refractivity contribution in [3.05, 3.63) is 98.6 Å². The number of aryl methyl sites for hydroxylation is 1. The molecule has 0 N–H and O–H groups in total. The molecule has 0 spiro atoms. The molecule has 11 heteroatoms. The third-order valence-electron chi connectivity index (χ3n) is 5.75. The molecule has 9 nitrogen and oxygen atoms in total. The van der Waals surface area contributed by atoms with Gasteiger partial charge in [-0.25, -0.2) is 9.79 Å². The maximum atomic E-state index is 13.7. The Kier molecular flexibility index (Phi) is 7.94. The highest BCUT2D eigenvalue weighted by Gasteiger charge is 2.33. The molecule has 1 aromatic heterocycles. The standard InChI is InChI=1S/C27H22BrN3O6S/c1-5-11-37-24-19(28)12-17(13-20(24)31(34)35)14-21-25(32)30-23(18-9-7-15(3)8-10-18)22(26(33)36-6-2)16(4)29-27(30)38-21/h1,7-10,12-14,23H,6,11H2,2-4H3/b21-14-/t23-/m0/s1. The van der Waals surface area contributed by atoms with Crippen LogP contribution in [0.3, 0.4) is 0 Å². The minimum atomic E-state index is -0.742. The first-order valence-corrected chi connectivity index (χ1v) is 13.1. The molecule has 0 aliphatic carbocycles. The summed E-state index contributed by atoms with van der Waals surface area (Å²) in [7, 11) is 0. The fourth-order valence-corrected chi connectivity index (χ4v) is 5.71. The molecule has 0 bridgehead atoms. The summed E-state index contributed by atoms with van der Waals surface area (Å²) in [5.74, 6) is 1.73. The predicted molar refractivity (Wildman–Crippen MR) is 147 cm³/mol. The predicted octanol–water partition coefficient (Wildman–Crippen LogP) is 3.79. The fourth-order valence-electron chi connectivity index (χ4n) is 4.08. The molecule has 1 aliphatic heterocycles. The Morgan fingerprint density at radius 1 is 1.32 bits per heavy atom. The number of ether oxygens (including phenoxy) is 2. The molecular weight excluding hydrogens is 574 g/mol. The number of carbonyl (C=O) groups excluding carboxylic acids is 1. The number of esters is 1. The number of aromatic nitrogens is 1. The van der Waals surface area contributed by atoms with E-state index in [1.165, 1.54) is 10.6 Å². The third kappa shape index (κ3) is 5.18. The van der Waals surface area contributed by atoms with E-state index < -0.39 is 16.9 Å². The third-order valence-corrected chi connectivity index (χ3v) is 7.32. The van der Waals surface area contributed by atoms with Crippen molar-refractivity contribution >= 4 is 45.0 Å². The fraction of sp³-hybridized carbons (Fsp3) is 0.222. The second-order valence-corrected chi connectivity index (χ2v) is 10.2. The minimum absolute atomic E-state index is 0.000587. The molecule has 38 heavy (non-hydrogen) atoms. The van der Waals surface area contributed by atoms with Crippen molar-refractivity contribution in [2.45, 2.75) is 26.8 Å². The Labute approximate surface area is 230 Å². The number of allylic oxidation sites excluding steroid dienone is 1. The Hall–Kier alpha value is -4.01. The molecule has 1 atom stereocenters. The molecule has 3 aromatic rings. The van der Waals surface area contributed by atoms with Crippen molar-refractivity contribution in [3.63, 3.8) is 0 Å². The van der Waals surface area contributed by atoms with Crippen LogP contribution in [0, 0.1) is 29.4 Å². The van der Waals surface area contributed by atoms with Gasteiger partial charge in [0.05, 0.1) is 37.8 Å². The van der Waals surface area contributed by atoms with Crippen molar-refractivity contribution in [3.8, 4) is 18.1 Å². The number of terminal acetylenes is 1. The number of halogens is 1. The Balaban J connectivity index is 1.92. The van der Waals surface area contributed by atoms with E-state index in [9.17, 15) is 19.7 Å². The van der Waals surface area contributed by atoms with E-state index in [2.05, 4.69) is 26.8 Å². The number of rotatable bonds is 7. The van der Waals surface area contributed by atoms with Gasteiger partial charge in [-0.05, 0) is 60.0 Å². The van der Waals surface area contributed by atoms with Gasteiger partial charge in [-0.15, -0.1) is 6.42 Å². The van der Waals surface area contributed by atoms with Crippen LogP contribution in [-0.2, 0) is 9.53 Å². The van der Waals surface area contributed by atoms with Gasteiger partial charge >= 0.3 is 11.7 Å². The van der Waals surface area contributed by atoms with Crippen molar-refractivity contribution in [1.82, 2.24) is 4.57 Å². The molecule has 0 radical (unpaired) electrons. The number of hydrogen-bond donors (Lipinski definition) is 0. The lowest BCUT2D eigenvalue weighted by atomic mass is 9.95. The van der Waals surface area contributed by atoms with E-state index in [-0.39, 0.29) is 40.3 Å². The van der Waals surface area contributed by atoms with E-state index in [0.29, 0.717) is 20.5 Å². The monoisotopic (exact) mass is 595 g/mol. The zero-order chi connectivity index (χ0) is 27.6. The summed E-state index contributed by atoms with van der Waals surface area (Å²) in [5.41, 5.74) is 2.20. The van der Waals surface area contributed by atoms with Gasteiger partial charge in [0, 0.05) is 6.07 Å². The number of fused-ring (bicyclic) bond motifs is 1. The summed E-state index contributed by atoms with van der Waals surface area (Å²) in [6.07, 6.45) is 6.77. The summed E-state index contributed by atoms with van der Waals surface area (Å²) in [4.78, 5) is 42.8. The molecule has 0 unspecified atom stereocenters. The van der Waals surface area contributed by atoms with Gasteiger partial charge in [0.1, 0.15) is 6.61 Å². The highest BCUT2D eigenvalue weighted by molar-refractivity contribution is 9.10. The van der Waals surface area contributed by atoms with Crippen LogP contribution in [0.2, 0.25) is 0 Å². The second-order valence-electron chi connectivity index (χ2n) is 8.31. The SMILES string of the molecule is C#CCOc1c(Br)cc(/C=c2\sc3n(c2=O)[C@@H](c2ccc(C)cc2)C(C(=O)OCC)=C(C)N=3)cc1[N+](=O)[O-]. The smallest absolute Gasteiger partial charge is 0.338 e. The van der Waals surface area contributed by atoms with Crippen LogP contribution >= 0.6 is 27.3 Å². The van der Waals surface area contributed by atoms with Crippen LogP contribution in [0.4, 0.5) is 5.69 Å². The van der Waals surface area contributed by atoms with Gasteiger partial charge in [0.15, 0.2) is 4.80 Å². The molecule has 2 heterocycles. The first-order chi connectivity index (χ1) is 18.2. The lowest BCUT2D eigenvalue weighted by Gasteiger charge is -2.24. The van der Waals surface area contributed by atoms with Gasteiger partial charge in [0.25, 0.3) is 5.56 Å². The van der Waals surface area contributed by atoms with Crippen molar-refractivity contribution < 1.29 is 19.2 Å². The molecule has 194 valence electrons. The van der Waals surface area contributed by atoms with Crippen LogP contribution in [0.15, 0.2) is 61.9 Å². The number of hydrogen-bond acceptors (Lipinski definition) is 8. The number of thiazole rings is 1. The van der Waals surface area contributed by atoms with Crippen LogP contribution in [0.5, 0.6) is 5.75 Å². The highest BCUT2D eigenvalue weighted by atomic mass is 79.9. The Bertz CT molecular complexity index is 1700. The maximum absolute atomic E-state index is 13.7. The number of nitro groups is 1. The van der Waals surface area contributed by atoms with Crippen molar-refractivity contribution in [2.75, 3.05) is 13.2 Å². The molecule has 0 fully saturated rings. The zero-order valence-corrected chi connectivity index (χ0v) is 23.1. The molecule has 0 saturated heterocycles. The van der Waals surface area contributed by atoms with Crippen LogP contribution in [-0.4, -0.2) is 28.7 Å². The number of nitrogens with zero attached hydrogens (tertiary/aromatic N) is 3. The topological polar surface area (TPSA) is 113 Å². The normalized spacial score (nSPS) is 14.9. The molecular formula is C27H22BrN3O6S.